The molecule has 0 saturated heterocycles. The van der Waals surface area contributed by atoms with Crippen LogP contribution in [0.1, 0.15) is 38.2 Å². The van der Waals surface area contributed by atoms with Crippen LogP contribution in [0.4, 0.5) is 4.39 Å². The zero-order chi connectivity index (χ0) is 15.2. The van der Waals surface area contributed by atoms with Crippen LogP contribution in [0.15, 0.2) is 18.2 Å². The molecule has 3 N–H and O–H groups in total. The van der Waals surface area contributed by atoms with Gasteiger partial charge in [-0.15, -0.1) is 0 Å². The Bertz CT molecular complexity index is 485. The minimum atomic E-state index is -0.326. The van der Waals surface area contributed by atoms with Crippen LogP contribution in [0, 0.1) is 5.82 Å². The third kappa shape index (κ3) is 5.01. The molecule has 1 aromatic rings. The van der Waals surface area contributed by atoms with Gasteiger partial charge in [-0.25, -0.2) is 4.39 Å². The average Bonchev–Trinajstić information content (AvgIpc) is 2.90. The van der Waals surface area contributed by atoms with Gasteiger partial charge in [-0.3, -0.25) is 4.79 Å². The van der Waals surface area contributed by atoms with E-state index in [1.807, 2.05) is 6.92 Å². The number of amides is 1. The Labute approximate surface area is 124 Å². The van der Waals surface area contributed by atoms with E-state index in [0.717, 1.165) is 12.8 Å². The second-order valence-electron chi connectivity index (χ2n) is 5.77. The molecule has 1 aliphatic carbocycles. The smallest absolute Gasteiger partial charge is 0.258 e. The number of nitrogens with one attached hydrogen (secondary N) is 1. The molecule has 5 heteroatoms. The van der Waals surface area contributed by atoms with Gasteiger partial charge in [-0.2, -0.15) is 0 Å². The summed E-state index contributed by atoms with van der Waals surface area (Å²) in [6.45, 7) is 1.80. The van der Waals surface area contributed by atoms with Crippen molar-refractivity contribution in [1.82, 2.24) is 5.32 Å². The number of hydrogen-bond acceptors (Lipinski definition) is 3. The topological polar surface area (TPSA) is 64.3 Å². The molecule has 2 rings (SSSR count). The third-order valence-electron chi connectivity index (χ3n) is 3.64. The molecule has 1 saturated carbocycles. The molecule has 1 aromatic carbocycles. The summed E-state index contributed by atoms with van der Waals surface area (Å²) in [5.74, 6) is 0.0710. The van der Waals surface area contributed by atoms with Crippen molar-refractivity contribution in [3.8, 4) is 5.75 Å². The number of carbonyl (C=O) groups is 1. The number of benzene rings is 1. The largest absolute Gasteiger partial charge is 0.483 e. The van der Waals surface area contributed by atoms with E-state index >= 15 is 0 Å². The van der Waals surface area contributed by atoms with Gasteiger partial charge in [0.25, 0.3) is 5.91 Å². The highest BCUT2D eigenvalue weighted by molar-refractivity contribution is 5.77. The van der Waals surface area contributed by atoms with Gasteiger partial charge in [-0.1, -0.05) is 12.8 Å². The highest BCUT2D eigenvalue weighted by atomic mass is 19.1. The number of ether oxygens (including phenoxy) is 1. The molecule has 0 spiro atoms. The van der Waals surface area contributed by atoms with Gasteiger partial charge < -0.3 is 15.8 Å². The number of hydrogen-bond donors (Lipinski definition) is 2. The first-order chi connectivity index (χ1) is 10.0. The van der Waals surface area contributed by atoms with Crippen molar-refractivity contribution in [3.05, 3.63) is 29.6 Å². The molecule has 0 radical (unpaired) electrons. The number of nitrogens with two attached hydrogens (primary N) is 1. The summed E-state index contributed by atoms with van der Waals surface area (Å²) in [5.41, 5.74) is 6.44. The van der Waals surface area contributed by atoms with Crippen LogP contribution in [0.25, 0.3) is 0 Å². The zero-order valence-electron chi connectivity index (χ0n) is 12.4. The minimum absolute atomic E-state index is 0.0475. The van der Waals surface area contributed by atoms with E-state index in [1.165, 1.54) is 25.0 Å². The van der Waals surface area contributed by atoms with Crippen LogP contribution in [0.3, 0.4) is 0 Å². The molecule has 1 unspecified atom stereocenters. The normalized spacial score (nSPS) is 16.7. The molecule has 1 fully saturated rings. The van der Waals surface area contributed by atoms with E-state index in [2.05, 4.69) is 5.32 Å². The van der Waals surface area contributed by atoms with Crippen molar-refractivity contribution in [2.75, 3.05) is 6.61 Å². The van der Waals surface area contributed by atoms with Gasteiger partial charge in [0.05, 0.1) is 0 Å². The van der Waals surface area contributed by atoms with Gasteiger partial charge in [0.1, 0.15) is 11.6 Å². The summed E-state index contributed by atoms with van der Waals surface area (Å²) in [5, 5.41) is 2.96. The Morgan fingerprint density at radius 2 is 2.19 bits per heavy atom. The molecule has 4 nitrogen and oxygen atoms in total. The first-order valence-electron chi connectivity index (χ1n) is 7.51. The zero-order valence-corrected chi connectivity index (χ0v) is 12.4. The molecule has 1 aliphatic rings. The minimum Gasteiger partial charge on any atom is -0.483 e. The van der Waals surface area contributed by atoms with Gasteiger partial charge in [0, 0.05) is 12.1 Å². The van der Waals surface area contributed by atoms with Gasteiger partial charge in [0.2, 0.25) is 0 Å². The highest BCUT2D eigenvalue weighted by Crippen LogP contribution is 2.21. The lowest BCUT2D eigenvalue weighted by molar-refractivity contribution is -0.123. The predicted molar refractivity (Wildman–Crippen MR) is 79.6 cm³/mol. The standard InChI is InChI=1S/C16H23FN2O2/c1-11(18)8-12-9-13(17)6-7-15(12)21-10-16(20)19-14-4-2-3-5-14/h6-7,9,11,14H,2-5,8,10,18H2,1H3,(H,19,20). The Hall–Kier alpha value is -1.62. The first kappa shape index (κ1) is 15.8. The quantitative estimate of drug-likeness (QED) is 0.845. The Kier molecular flexibility index (Phi) is 5.56. The van der Waals surface area contributed by atoms with Crippen molar-refractivity contribution in [2.24, 2.45) is 5.73 Å². The molecule has 0 aliphatic heterocycles. The molecule has 1 amide bonds. The lowest BCUT2D eigenvalue weighted by atomic mass is 10.1. The average molecular weight is 294 g/mol. The Balaban J connectivity index is 1.90. The van der Waals surface area contributed by atoms with Crippen LogP contribution in [-0.4, -0.2) is 24.6 Å². The summed E-state index contributed by atoms with van der Waals surface area (Å²) < 4.78 is 18.8. The van der Waals surface area contributed by atoms with Crippen LogP contribution in [0.2, 0.25) is 0 Å². The second-order valence-corrected chi connectivity index (χ2v) is 5.77. The maximum absolute atomic E-state index is 13.3. The number of carbonyl (C=O) groups excluding carboxylic acids is 1. The molecule has 0 aromatic heterocycles. The van der Waals surface area contributed by atoms with Gasteiger partial charge in [-0.05, 0) is 49.9 Å². The SMILES string of the molecule is CC(N)Cc1cc(F)ccc1OCC(=O)NC1CCCC1. The lowest BCUT2D eigenvalue weighted by Crippen LogP contribution is -2.36. The van der Waals surface area contributed by atoms with Crippen molar-refractivity contribution in [2.45, 2.75) is 51.1 Å². The van der Waals surface area contributed by atoms with Gasteiger partial charge >= 0.3 is 0 Å². The fourth-order valence-corrected chi connectivity index (χ4v) is 2.68. The predicted octanol–water partition coefficient (Wildman–Crippen LogP) is 2.15. The van der Waals surface area contributed by atoms with E-state index in [0.29, 0.717) is 17.7 Å². The summed E-state index contributed by atoms with van der Waals surface area (Å²) in [4.78, 5) is 11.8. The molecule has 21 heavy (non-hydrogen) atoms. The van der Waals surface area contributed by atoms with E-state index < -0.39 is 0 Å². The van der Waals surface area contributed by atoms with E-state index in [9.17, 15) is 9.18 Å². The van der Waals surface area contributed by atoms with Gasteiger partial charge in [0.15, 0.2) is 6.61 Å². The maximum Gasteiger partial charge on any atom is 0.258 e. The summed E-state index contributed by atoms with van der Waals surface area (Å²) in [6.07, 6.45) is 4.93. The van der Waals surface area contributed by atoms with Crippen LogP contribution >= 0.6 is 0 Å². The monoisotopic (exact) mass is 294 g/mol. The van der Waals surface area contributed by atoms with E-state index in [-0.39, 0.29) is 30.4 Å². The van der Waals surface area contributed by atoms with Crippen LogP contribution in [-0.2, 0) is 11.2 Å². The molecule has 116 valence electrons. The molecular formula is C16H23FN2O2. The Morgan fingerprint density at radius 3 is 2.86 bits per heavy atom. The first-order valence-corrected chi connectivity index (χ1v) is 7.51. The number of halogens is 1. The fraction of sp³-hybridized carbons (Fsp3) is 0.562. The molecule has 0 heterocycles. The molecule has 0 bridgehead atoms. The fourth-order valence-electron chi connectivity index (χ4n) is 2.68. The maximum atomic E-state index is 13.3. The number of rotatable bonds is 6. The lowest BCUT2D eigenvalue weighted by Gasteiger charge is -2.15. The summed E-state index contributed by atoms with van der Waals surface area (Å²) in [6, 6.07) is 4.47. The molecular weight excluding hydrogens is 271 g/mol. The van der Waals surface area contributed by atoms with Crippen LogP contribution < -0.4 is 15.8 Å². The summed E-state index contributed by atoms with van der Waals surface area (Å²) >= 11 is 0. The van der Waals surface area contributed by atoms with E-state index in [4.69, 9.17) is 10.5 Å². The van der Waals surface area contributed by atoms with Crippen LogP contribution in [0.5, 0.6) is 5.75 Å². The second kappa shape index (κ2) is 7.41. The van der Waals surface area contributed by atoms with Crippen molar-refractivity contribution in [1.29, 1.82) is 0 Å². The Morgan fingerprint density at radius 1 is 1.48 bits per heavy atom. The van der Waals surface area contributed by atoms with Crippen molar-refractivity contribution < 1.29 is 13.9 Å². The highest BCUT2D eigenvalue weighted by Gasteiger charge is 2.17. The van der Waals surface area contributed by atoms with Crippen molar-refractivity contribution >= 4 is 5.91 Å². The summed E-state index contributed by atoms with van der Waals surface area (Å²) in [7, 11) is 0. The van der Waals surface area contributed by atoms with E-state index in [1.54, 1.807) is 6.07 Å². The van der Waals surface area contributed by atoms with Crippen molar-refractivity contribution in [3.63, 3.8) is 0 Å². The molecule has 1 atom stereocenters. The third-order valence-corrected chi connectivity index (χ3v) is 3.64.